The predicted molar refractivity (Wildman–Crippen MR) is 110 cm³/mol. The van der Waals surface area contributed by atoms with E-state index in [-0.39, 0.29) is 5.91 Å². The second-order valence-corrected chi connectivity index (χ2v) is 7.90. The highest BCUT2D eigenvalue weighted by Gasteiger charge is 2.26. The molecule has 3 heterocycles. The molecule has 6 nitrogen and oxygen atoms in total. The summed E-state index contributed by atoms with van der Waals surface area (Å²) in [6.07, 6.45) is 4.26. The number of nitrogens with zero attached hydrogens (tertiary/aromatic N) is 3. The van der Waals surface area contributed by atoms with Gasteiger partial charge in [-0.25, -0.2) is 0 Å². The molecule has 0 unspecified atom stereocenters. The number of hydroxylamine groups is 2. The van der Waals surface area contributed by atoms with E-state index < -0.39 is 0 Å². The average Bonchev–Trinajstić information content (AvgIpc) is 3.38. The zero-order chi connectivity index (χ0) is 19.7. The van der Waals surface area contributed by atoms with Crippen molar-refractivity contribution < 1.29 is 10.0 Å². The minimum Gasteiger partial charge on any atom is -0.337 e. The lowest BCUT2D eigenvalue weighted by atomic mass is 10.0. The molecule has 1 aromatic heterocycles. The first kappa shape index (κ1) is 19.0. The Balaban J connectivity index is 1.62. The van der Waals surface area contributed by atoms with Gasteiger partial charge >= 0.3 is 0 Å². The summed E-state index contributed by atoms with van der Waals surface area (Å²) in [5, 5.41) is 11.3. The van der Waals surface area contributed by atoms with Crippen LogP contribution in [0.15, 0.2) is 24.3 Å². The van der Waals surface area contributed by atoms with Gasteiger partial charge in [0.1, 0.15) is 11.5 Å². The van der Waals surface area contributed by atoms with E-state index >= 15 is 0 Å². The number of anilines is 2. The van der Waals surface area contributed by atoms with E-state index in [1.54, 1.807) is 0 Å². The van der Waals surface area contributed by atoms with Crippen molar-refractivity contribution in [3.8, 4) is 0 Å². The molecular weight excluding hydrogens is 352 g/mol. The molecule has 0 saturated carbocycles. The molecule has 1 fully saturated rings. The van der Waals surface area contributed by atoms with Gasteiger partial charge in [0.05, 0.1) is 0 Å². The monoisotopic (exact) mass is 382 g/mol. The molecule has 28 heavy (non-hydrogen) atoms. The maximum Gasteiger partial charge on any atom is 0.270 e. The first-order valence-corrected chi connectivity index (χ1v) is 10.4. The van der Waals surface area contributed by atoms with Gasteiger partial charge in [-0.2, -0.15) is 5.06 Å². The molecule has 6 heteroatoms. The van der Waals surface area contributed by atoms with Gasteiger partial charge in [0.2, 0.25) is 0 Å². The van der Waals surface area contributed by atoms with E-state index in [1.165, 1.54) is 16.2 Å². The number of H-pyrrole nitrogens is 1. The minimum absolute atomic E-state index is 0.121. The standard InChI is InChI=1S/C22H30N4O2/c1-3-25(28)15-18-13-19(9-8-16(18)2)26-12-6-7-17-14-20(23-21(17)26)22(27)24-10-4-5-11-24/h8-9,13-14,23,28H,3-7,10-12,15H2,1-2H3. The maximum absolute atomic E-state index is 12.8. The summed E-state index contributed by atoms with van der Waals surface area (Å²) in [4.78, 5) is 20.4. The molecule has 4 rings (SSSR count). The van der Waals surface area contributed by atoms with E-state index in [0.717, 1.165) is 62.4 Å². The number of carbonyl (C=O) groups excluding carboxylic acids is 1. The molecule has 2 aromatic rings. The molecule has 0 radical (unpaired) electrons. The van der Waals surface area contributed by atoms with Crippen LogP contribution in [0, 0.1) is 6.92 Å². The lowest BCUT2D eigenvalue weighted by Crippen LogP contribution is -2.28. The van der Waals surface area contributed by atoms with Gasteiger partial charge in [0, 0.05) is 38.4 Å². The molecule has 0 bridgehead atoms. The number of hydrogen-bond donors (Lipinski definition) is 2. The largest absolute Gasteiger partial charge is 0.337 e. The van der Waals surface area contributed by atoms with Crippen molar-refractivity contribution in [2.75, 3.05) is 31.1 Å². The summed E-state index contributed by atoms with van der Waals surface area (Å²) in [7, 11) is 0. The first-order valence-electron chi connectivity index (χ1n) is 10.4. The summed E-state index contributed by atoms with van der Waals surface area (Å²) in [5.74, 6) is 1.16. The molecule has 0 aliphatic carbocycles. The van der Waals surface area contributed by atoms with E-state index in [0.29, 0.717) is 18.8 Å². The average molecular weight is 383 g/mol. The van der Waals surface area contributed by atoms with E-state index in [9.17, 15) is 10.0 Å². The number of benzene rings is 1. The molecule has 2 aliphatic heterocycles. The molecule has 2 N–H and O–H groups in total. The van der Waals surface area contributed by atoms with E-state index in [2.05, 4.69) is 35.0 Å². The lowest BCUT2D eigenvalue weighted by Gasteiger charge is -2.29. The van der Waals surface area contributed by atoms with Gasteiger partial charge in [0.25, 0.3) is 5.91 Å². The van der Waals surface area contributed by atoms with Gasteiger partial charge in [-0.1, -0.05) is 13.0 Å². The molecule has 1 amide bonds. The third-order valence-electron chi connectivity index (χ3n) is 5.96. The zero-order valence-electron chi connectivity index (χ0n) is 16.9. The number of rotatable bonds is 5. The van der Waals surface area contributed by atoms with Crippen molar-refractivity contribution in [2.24, 2.45) is 0 Å². The van der Waals surface area contributed by atoms with Gasteiger partial charge in [-0.3, -0.25) is 4.79 Å². The fourth-order valence-corrected chi connectivity index (χ4v) is 4.23. The summed E-state index contributed by atoms with van der Waals surface area (Å²) in [6.45, 7) is 7.77. The third-order valence-corrected chi connectivity index (χ3v) is 5.96. The van der Waals surface area contributed by atoms with E-state index in [4.69, 9.17) is 0 Å². The fraction of sp³-hybridized carbons (Fsp3) is 0.500. The Morgan fingerprint density at radius 1 is 1.18 bits per heavy atom. The van der Waals surface area contributed by atoms with Crippen molar-refractivity contribution >= 4 is 17.4 Å². The number of aryl methyl sites for hydroxylation is 2. The van der Waals surface area contributed by atoms with Crippen LogP contribution in [-0.4, -0.2) is 52.2 Å². The highest BCUT2D eigenvalue weighted by molar-refractivity contribution is 5.94. The van der Waals surface area contributed by atoms with Crippen LogP contribution in [0.2, 0.25) is 0 Å². The topological polar surface area (TPSA) is 62.8 Å². The molecule has 1 aromatic carbocycles. The summed E-state index contributed by atoms with van der Waals surface area (Å²) >= 11 is 0. The van der Waals surface area contributed by atoms with Crippen LogP contribution in [-0.2, 0) is 13.0 Å². The number of carbonyl (C=O) groups is 1. The SMILES string of the molecule is CCN(O)Cc1cc(N2CCCc3cc(C(=O)N4CCCC4)[nH]c32)ccc1C. The number of nitrogens with one attached hydrogen (secondary N) is 1. The van der Waals surface area contributed by atoms with Gasteiger partial charge < -0.3 is 20.0 Å². The van der Waals surface area contributed by atoms with Crippen molar-refractivity contribution in [1.82, 2.24) is 14.9 Å². The number of aromatic nitrogens is 1. The Labute approximate surface area is 166 Å². The smallest absolute Gasteiger partial charge is 0.270 e. The highest BCUT2D eigenvalue weighted by Crippen LogP contribution is 2.35. The number of fused-ring (bicyclic) bond motifs is 1. The number of likely N-dealkylation sites (tertiary alicyclic amines) is 1. The second kappa shape index (κ2) is 7.97. The molecule has 2 aliphatic rings. The van der Waals surface area contributed by atoms with E-state index in [1.807, 2.05) is 17.9 Å². The maximum atomic E-state index is 12.8. The van der Waals surface area contributed by atoms with Gasteiger partial charge in [-0.05, 0) is 67.5 Å². The number of amides is 1. The Morgan fingerprint density at radius 3 is 2.71 bits per heavy atom. The fourth-order valence-electron chi connectivity index (χ4n) is 4.23. The van der Waals surface area contributed by atoms with Crippen LogP contribution < -0.4 is 4.90 Å². The molecule has 0 spiro atoms. The van der Waals surface area contributed by atoms with Gasteiger partial charge in [-0.15, -0.1) is 0 Å². The molecular formula is C22H30N4O2. The summed E-state index contributed by atoms with van der Waals surface area (Å²) in [6, 6.07) is 8.45. The van der Waals surface area contributed by atoms with Crippen LogP contribution in [0.4, 0.5) is 11.5 Å². The van der Waals surface area contributed by atoms with Crippen LogP contribution in [0.3, 0.4) is 0 Å². The van der Waals surface area contributed by atoms with Crippen LogP contribution in [0.1, 0.15) is 53.4 Å². The molecule has 0 atom stereocenters. The quantitative estimate of drug-likeness (QED) is 0.771. The predicted octanol–water partition coefficient (Wildman–Crippen LogP) is 3.85. The van der Waals surface area contributed by atoms with Crippen LogP contribution in [0.5, 0.6) is 0 Å². The Kier molecular flexibility index (Phi) is 5.42. The molecule has 150 valence electrons. The van der Waals surface area contributed by atoms with Crippen molar-refractivity contribution in [2.45, 2.75) is 46.1 Å². The number of aromatic amines is 1. The van der Waals surface area contributed by atoms with Gasteiger partial charge in [0.15, 0.2) is 0 Å². The van der Waals surface area contributed by atoms with Crippen molar-refractivity contribution in [3.05, 3.63) is 46.6 Å². The normalized spacial score (nSPS) is 16.7. The van der Waals surface area contributed by atoms with Crippen LogP contribution in [0.25, 0.3) is 0 Å². The Bertz CT molecular complexity index is 854. The Morgan fingerprint density at radius 2 is 1.96 bits per heavy atom. The van der Waals surface area contributed by atoms with Crippen LogP contribution >= 0.6 is 0 Å². The highest BCUT2D eigenvalue weighted by atomic mass is 16.5. The molecule has 1 saturated heterocycles. The minimum atomic E-state index is 0.121. The zero-order valence-corrected chi connectivity index (χ0v) is 16.9. The first-order chi connectivity index (χ1) is 13.6. The number of hydrogen-bond acceptors (Lipinski definition) is 4. The van der Waals surface area contributed by atoms with Crippen molar-refractivity contribution in [3.63, 3.8) is 0 Å². The lowest BCUT2D eigenvalue weighted by molar-refractivity contribution is -0.0947. The summed E-state index contributed by atoms with van der Waals surface area (Å²) < 4.78 is 0. The van der Waals surface area contributed by atoms with Crippen molar-refractivity contribution in [1.29, 1.82) is 0 Å². The third kappa shape index (κ3) is 3.66. The second-order valence-electron chi connectivity index (χ2n) is 7.90. The Hall–Kier alpha value is -2.31. The summed E-state index contributed by atoms with van der Waals surface area (Å²) in [5.41, 5.74) is 5.32.